The molecule has 0 aromatic carbocycles. The number of hydrogen-bond acceptors (Lipinski definition) is 3. The predicted molar refractivity (Wildman–Crippen MR) is 66.9 cm³/mol. The molecule has 0 spiro atoms. The molecule has 1 heterocycles. The van der Waals surface area contributed by atoms with Gasteiger partial charge in [0.05, 0.1) is 6.42 Å². The lowest BCUT2D eigenvalue weighted by molar-refractivity contribution is -0.137. The molecule has 0 radical (unpaired) electrons. The first-order valence-electron chi connectivity index (χ1n) is 5.95. The van der Waals surface area contributed by atoms with Gasteiger partial charge in [-0.2, -0.15) is 0 Å². The van der Waals surface area contributed by atoms with Crippen molar-refractivity contribution in [3.8, 4) is 0 Å². The molecule has 4 heteroatoms. The summed E-state index contributed by atoms with van der Waals surface area (Å²) in [7, 11) is 0. The molecule has 0 saturated carbocycles. The third-order valence-corrected chi connectivity index (χ3v) is 2.72. The van der Waals surface area contributed by atoms with Gasteiger partial charge in [0.2, 0.25) is 0 Å². The molecular weight excluding hydrogens is 216 g/mol. The van der Waals surface area contributed by atoms with Crippen molar-refractivity contribution in [2.75, 3.05) is 13.1 Å². The van der Waals surface area contributed by atoms with Crippen LogP contribution in [0.2, 0.25) is 0 Å². The smallest absolute Gasteiger partial charge is 0.304 e. The van der Waals surface area contributed by atoms with Gasteiger partial charge in [0, 0.05) is 37.4 Å². The SMILES string of the molecule is CC(C)N(CCC(=O)O)CCc1ccccn1. The Bertz CT molecular complexity index is 339. The van der Waals surface area contributed by atoms with Gasteiger partial charge in [-0.3, -0.25) is 14.7 Å². The number of carbonyl (C=O) groups is 1. The maximum atomic E-state index is 10.6. The molecule has 0 atom stereocenters. The largest absolute Gasteiger partial charge is 0.481 e. The number of nitrogens with zero attached hydrogens (tertiary/aromatic N) is 2. The van der Waals surface area contributed by atoms with Crippen molar-refractivity contribution in [2.24, 2.45) is 0 Å². The van der Waals surface area contributed by atoms with Crippen molar-refractivity contribution >= 4 is 5.97 Å². The summed E-state index contributed by atoms with van der Waals surface area (Å²) in [6.07, 6.45) is 2.84. The molecule has 0 fully saturated rings. The zero-order valence-corrected chi connectivity index (χ0v) is 10.5. The second-order valence-corrected chi connectivity index (χ2v) is 4.34. The molecule has 1 N–H and O–H groups in total. The van der Waals surface area contributed by atoms with Gasteiger partial charge in [-0.1, -0.05) is 6.07 Å². The zero-order chi connectivity index (χ0) is 12.7. The molecular formula is C13H20N2O2. The van der Waals surface area contributed by atoms with Crippen LogP contribution in [-0.4, -0.2) is 40.1 Å². The van der Waals surface area contributed by atoms with Gasteiger partial charge < -0.3 is 5.11 Å². The van der Waals surface area contributed by atoms with E-state index in [4.69, 9.17) is 5.11 Å². The normalized spacial score (nSPS) is 11.1. The quantitative estimate of drug-likeness (QED) is 0.784. The number of pyridine rings is 1. The average molecular weight is 236 g/mol. The van der Waals surface area contributed by atoms with Gasteiger partial charge in [-0.05, 0) is 26.0 Å². The summed E-state index contributed by atoms with van der Waals surface area (Å²) in [5.74, 6) is -0.742. The highest BCUT2D eigenvalue weighted by molar-refractivity contribution is 5.66. The van der Waals surface area contributed by atoms with Gasteiger partial charge in [0.15, 0.2) is 0 Å². The van der Waals surface area contributed by atoms with E-state index in [1.54, 1.807) is 6.20 Å². The van der Waals surface area contributed by atoms with Crippen LogP contribution in [0.3, 0.4) is 0 Å². The van der Waals surface area contributed by atoms with Crippen LogP contribution in [0.1, 0.15) is 26.0 Å². The Kier molecular flexibility index (Phi) is 5.63. The first-order chi connectivity index (χ1) is 8.09. The van der Waals surface area contributed by atoms with Crippen LogP contribution in [0.15, 0.2) is 24.4 Å². The van der Waals surface area contributed by atoms with E-state index in [9.17, 15) is 4.79 Å². The van der Waals surface area contributed by atoms with Crippen molar-refractivity contribution in [2.45, 2.75) is 32.7 Å². The first kappa shape index (κ1) is 13.6. The molecule has 0 unspecified atom stereocenters. The third kappa shape index (κ3) is 5.45. The molecule has 0 bridgehead atoms. The van der Waals surface area contributed by atoms with E-state index in [-0.39, 0.29) is 6.42 Å². The van der Waals surface area contributed by atoms with Gasteiger partial charge >= 0.3 is 5.97 Å². The monoisotopic (exact) mass is 236 g/mol. The van der Waals surface area contributed by atoms with Crippen LogP contribution in [0.4, 0.5) is 0 Å². The Morgan fingerprint density at radius 2 is 2.18 bits per heavy atom. The van der Waals surface area contributed by atoms with Gasteiger partial charge in [0.25, 0.3) is 0 Å². The molecule has 0 aliphatic heterocycles. The van der Waals surface area contributed by atoms with Crippen molar-refractivity contribution in [1.82, 2.24) is 9.88 Å². The number of hydrogen-bond donors (Lipinski definition) is 1. The topological polar surface area (TPSA) is 53.4 Å². The lowest BCUT2D eigenvalue weighted by Crippen LogP contribution is -2.34. The van der Waals surface area contributed by atoms with E-state index in [0.717, 1.165) is 18.7 Å². The molecule has 1 rings (SSSR count). The summed E-state index contributed by atoms with van der Waals surface area (Å²) in [4.78, 5) is 17.0. The van der Waals surface area contributed by atoms with Crippen LogP contribution >= 0.6 is 0 Å². The summed E-state index contributed by atoms with van der Waals surface area (Å²) in [5.41, 5.74) is 1.05. The molecule has 0 amide bonds. The van der Waals surface area contributed by atoms with Gasteiger partial charge in [-0.15, -0.1) is 0 Å². The summed E-state index contributed by atoms with van der Waals surface area (Å²) in [5, 5.41) is 8.69. The molecule has 17 heavy (non-hydrogen) atoms. The lowest BCUT2D eigenvalue weighted by Gasteiger charge is -2.25. The fourth-order valence-electron chi connectivity index (χ4n) is 1.67. The van der Waals surface area contributed by atoms with Crippen LogP contribution in [0.25, 0.3) is 0 Å². The standard InChI is InChI=1S/C13H20N2O2/c1-11(2)15(10-7-13(16)17)9-6-12-5-3-4-8-14-12/h3-5,8,11H,6-7,9-10H2,1-2H3,(H,16,17). The molecule has 1 aromatic rings. The van der Waals surface area contributed by atoms with Crippen LogP contribution in [0.5, 0.6) is 0 Å². The van der Waals surface area contributed by atoms with E-state index in [0.29, 0.717) is 12.6 Å². The Morgan fingerprint density at radius 3 is 2.71 bits per heavy atom. The maximum absolute atomic E-state index is 10.6. The zero-order valence-electron chi connectivity index (χ0n) is 10.5. The van der Waals surface area contributed by atoms with Crippen molar-refractivity contribution in [1.29, 1.82) is 0 Å². The Balaban J connectivity index is 2.42. The minimum atomic E-state index is -0.742. The number of rotatable bonds is 7. The fraction of sp³-hybridized carbons (Fsp3) is 0.538. The average Bonchev–Trinajstić information content (AvgIpc) is 2.29. The number of carboxylic acids is 1. The number of aliphatic carboxylic acids is 1. The van der Waals surface area contributed by atoms with Crippen LogP contribution < -0.4 is 0 Å². The van der Waals surface area contributed by atoms with Gasteiger partial charge in [0.1, 0.15) is 0 Å². The predicted octanol–water partition coefficient (Wildman–Crippen LogP) is 1.81. The highest BCUT2D eigenvalue weighted by Gasteiger charge is 2.11. The van der Waals surface area contributed by atoms with E-state index in [2.05, 4.69) is 23.7 Å². The number of aromatic nitrogens is 1. The highest BCUT2D eigenvalue weighted by Crippen LogP contribution is 2.03. The van der Waals surface area contributed by atoms with Crippen LogP contribution in [0, 0.1) is 0 Å². The molecule has 0 saturated heterocycles. The first-order valence-corrected chi connectivity index (χ1v) is 5.95. The lowest BCUT2D eigenvalue weighted by atomic mass is 10.2. The van der Waals surface area contributed by atoms with Crippen LogP contribution in [-0.2, 0) is 11.2 Å². The summed E-state index contributed by atoms with van der Waals surface area (Å²) in [6, 6.07) is 6.22. The Morgan fingerprint density at radius 1 is 1.41 bits per heavy atom. The molecule has 0 aliphatic carbocycles. The molecule has 0 aliphatic rings. The Labute approximate surface area is 102 Å². The minimum absolute atomic E-state index is 0.195. The van der Waals surface area contributed by atoms with Crippen molar-refractivity contribution in [3.63, 3.8) is 0 Å². The summed E-state index contributed by atoms with van der Waals surface area (Å²) >= 11 is 0. The highest BCUT2D eigenvalue weighted by atomic mass is 16.4. The molecule has 4 nitrogen and oxygen atoms in total. The Hall–Kier alpha value is -1.42. The van der Waals surface area contributed by atoms with Crippen molar-refractivity contribution in [3.05, 3.63) is 30.1 Å². The second kappa shape index (κ2) is 7.01. The van der Waals surface area contributed by atoms with E-state index in [1.807, 2.05) is 18.2 Å². The molecule has 1 aromatic heterocycles. The van der Waals surface area contributed by atoms with Gasteiger partial charge in [-0.25, -0.2) is 0 Å². The van der Waals surface area contributed by atoms with Crippen molar-refractivity contribution < 1.29 is 9.90 Å². The van der Waals surface area contributed by atoms with E-state index < -0.39 is 5.97 Å². The summed E-state index contributed by atoms with van der Waals surface area (Å²) < 4.78 is 0. The minimum Gasteiger partial charge on any atom is -0.481 e. The van der Waals surface area contributed by atoms with E-state index in [1.165, 1.54) is 0 Å². The fourth-order valence-corrected chi connectivity index (χ4v) is 1.67. The second-order valence-electron chi connectivity index (χ2n) is 4.34. The van der Waals surface area contributed by atoms with E-state index >= 15 is 0 Å². The molecule has 94 valence electrons. The summed E-state index contributed by atoms with van der Waals surface area (Å²) in [6.45, 7) is 5.61. The number of carboxylic acid groups (broad SMARTS) is 1. The maximum Gasteiger partial charge on any atom is 0.304 e. The third-order valence-electron chi connectivity index (χ3n) is 2.72.